The second-order valence-electron chi connectivity index (χ2n) is 5.65. The molecule has 1 aromatic carbocycles. The van der Waals surface area contributed by atoms with E-state index >= 15 is 0 Å². The van der Waals surface area contributed by atoms with Crippen molar-refractivity contribution in [2.24, 2.45) is 4.99 Å². The number of aliphatic hydroxyl groups is 1. The summed E-state index contributed by atoms with van der Waals surface area (Å²) < 4.78 is 10.9. The third-order valence-corrected chi connectivity index (χ3v) is 3.61. The molecule has 6 nitrogen and oxygen atoms in total. The van der Waals surface area contributed by atoms with Gasteiger partial charge in [-0.15, -0.1) is 0 Å². The van der Waals surface area contributed by atoms with Crippen LogP contribution >= 0.6 is 0 Å². The van der Waals surface area contributed by atoms with Crippen LogP contribution < -0.4 is 15.4 Å². The smallest absolute Gasteiger partial charge is 0.191 e. The molecular weight excluding hydrogens is 318 g/mol. The van der Waals surface area contributed by atoms with Crippen molar-refractivity contribution in [2.75, 3.05) is 19.7 Å². The molecule has 1 unspecified atom stereocenters. The van der Waals surface area contributed by atoms with Crippen LogP contribution in [0.1, 0.15) is 36.8 Å². The number of aryl methyl sites for hydroxylation is 1. The van der Waals surface area contributed by atoms with Gasteiger partial charge < -0.3 is 24.9 Å². The van der Waals surface area contributed by atoms with Gasteiger partial charge in [-0.3, -0.25) is 0 Å². The molecule has 0 saturated heterocycles. The number of nitrogens with zero attached hydrogens (tertiary/aromatic N) is 1. The van der Waals surface area contributed by atoms with Crippen LogP contribution in [0.15, 0.2) is 46.0 Å². The molecule has 0 bridgehead atoms. The van der Waals surface area contributed by atoms with Crippen LogP contribution in [0.3, 0.4) is 0 Å². The Morgan fingerprint density at radius 1 is 1.28 bits per heavy atom. The summed E-state index contributed by atoms with van der Waals surface area (Å²) >= 11 is 0. The molecule has 0 aliphatic carbocycles. The van der Waals surface area contributed by atoms with E-state index in [0.29, 0.717) is 31.4 Å². The van der Waals surface area contributed by atoms with Crippen molar-refractivity contribution in [3.63, 3.8) is 0 Å². The van der Waals surface area contributed by atoms with Gasteiger partial charge in [0.1, 0.15) is 17.6 Å². The molecule has 2 rings (SSSR count). The highest BCUT2D eigenvalue weighted by atomic mass is 16.5. The van der Waals surface area contributed by atoms with Gasteiger partial charge in [0.05, 0.1) is 26.0 Å². The first kappa shape index (κ1) is 18.9. The van der Waals surface area contributed by atoms with E-state index in [1.807, 2.05) is 39.0 Å². The van der Waals surface area contributed by atoms with Crippen molar-refractivity contribution in [3.05, 3.63) is 53.5 Å². The number of hydrogen-bond acceptors (Lipinski definition) is 4. The molecule has 0 aliphatic rings. The van der Waals surface area contributed by atoms with E-state index in [9.17, 15) is 5.11 Å². The van der Waals surface area contributed by atoms with Crippen molar-refractivity contribution in [3.8, 4) is 5.75 Å². The summed E-state index contributed by atoms with van der Waals surface area (Å²) in [7, 11) is 0. The molecule has 0 radical (unpaired) electrons. The highest BCUT2D eigenvalue weighted by molar-refractivity contribution is 5.79. The van der Waals surface area contributed by atoms with Gasteiger partial charge in [0, 0.05) is 12.1 Å². The molecule has 6 heteroatoms. The fraction of sp³-hybridized carbons (Fsp3) is 0.421. The minimum atomic E-state index is -0.725. The maximum Gasteiger partial charge on any atom is 0.191 e. The minimum Gasteiger partial charge on any atom is -0.494 e. The van der Waals surface area contributed by atoms with Gasteiger partial charge in [0.15, 0.2) is 5.96 Å². The zero-order valence-electron chi connectivity index (χ0n) is 15.1. The Kier molecular flexibility index (Phi) is 7.35. The molecule has 136 valence electrons. The van der Waals surface area contributed by atoms with Crippen molar-refractivity contribution in [2.45, 2.75) is 33.4 Å². The van der Waals surface area contributed by atoms with Crippen LogP contribution in [0, 0.1) is 6.92 Å². The summed E-state index contributed by atoms with van der Waals surface area (Å²) in [6.45, 7) is 8.15. The summed E-state index contributed by atoms with van der Waals surface area (Å²) in [6, 6.07) is 9.61. The lowest BCUT2D eigenvalue weighted by atomic mass is 10.1. The quantitative estimate of drug-likeness (QED) is 0.506. The third-order valence-electron chi connectivity index (χ3n) is 3.61. The lowest BCUT2D eigenvalue weighted by molar-refractivity contribution is 0.153. The molecule has 1 atom stereocenters. The number of ether oxygens (including phenoxy) is 1. The molecule has 25 heavy (non-hydrogen) atoms. The molecule has 0 amide bonds. The van der Waals surface area contributed by atoms with Gasteiger partial charge in [-0.1, -0.05) is 12.1 Å². The third kappa shape index (κ3) is 5.83. The Bertz CT molecular complexity index is 669. The first-order valence-electron chi connectivity index (χ1n) is 8.60. The number of benzene rings is 1. The number of hydrogen-bond donors (Lipinski definition) is 3. The molecule has 3 N–H and O–H groups in total. The van der Waals surface area contributed by atoms with Gasteiger partial charge in [-0.25, -0.2) is 4.99 Å². The van der Waals surface area contributed by atoms with E-state index in [1.54, 1.807) is 18.4 Å². The highest BCUT2D eigenvalue weighted by Gasteiger charge is 2.11. The summed E-state index contributed by atoms with van der Waals surface area (Å²) in [6.07, 6.45) is 0.821. The molecule has 0 aliphatic heterocycles. The number of guanidine groups is 1. The lowest BCUT2D eigenvalue weighted by Crippen LogP contribution is -2.39. The summed E-state index contributed by atoms with van der Waals surface area (Å²) in [5.41, 5.74) is 2.18. The molecule has 2 aromatic rings. The Morgan fingerprint density at radius 2 is 2.12 bits per heavy atom. The number of aliphatic hydroxyl groups excluding tert-OH is 1. The number of rotatable bonds is 8. The van der Waals surface area contributed by atoms with Gasteiger partial charge >= 0.3 is 0 Å². The average molecular weight is 345 g/mol. The maximum absolute atomic E-state index is 10.1. The first-order chi connectivity index (χ1) is 12.1. The fourth-order valence-electron chi connectivity index (χ4n) is 2.36. The topological polar surface area (TPSA) is 79.0 Å². The normalized spacial score (nSPS) is 12.7. The predicted molar refractivity (Wildman–Crippen MR) is 98.8 cm³/mol. The van der Waals surface area contributed by atoms with Crippen LogP contribution in [0.25, 0.3) is 0 Å². The minimum absolute atomic E-state index is 0.311. The van der Waals surface area contributed by atoms with Crippen LogP contribution in [0.4, 0.5) is 0 Å². The zero-order chi connectivity index (χ0) is 18.1. The maximum atomic E-state index is 10.1. The van der Waals surface area contributed by atoms with E-state index in [0.717, 1.165) is 23.4 Å². The zero-order valence-corrected chi connectivity index (χ0v) is 15.1. The van der Waals surface area contributed by atoms with E-state index in [1.165, 1.54) is 0 Å². The Balaban J connectivity index is 2.01. The molecule has 1 heterocycles. The van der Waals surface area contributed by atoms with Gasteiger partial charge in [0.25, 0.3) is 0 Å². The van der Waals surface area contributed by atoms with E-state index in [2.05, 4.69) is 15.6 Å². The monoisotopic (exact) mass is 345 g/mol. The first-order valence-corrected chi connectivity index (χ1v) is 8.60. The van der Waals surface area contributed by atoms with Crippen molar-refractivity contribution < 1.29 is 14.3 Å². The molecule has 1 aromatic heterocycles. The van der Waals surface area contributed by atoms with Crippen molar-refractivity contribution in [1.29, 1.82) is 0 Å². The van der Waals surface area contributed by atoms with Gasteiger partial charge in [0.2, 0.25) is 0 Å². The second-order valence-corrected chi connectivity index (χ2v) is 5.65. The van der Waals surface area contributed by atoms with Crippen molar-refractivity contribution in [1.82, 2.24) is 10.6 Å². The number of aliphatic imine (C=N–C) groups is 1. The lowest BCUT2D eigenvalue weighted by Gasteiger charge is -2.15. The van der Waals surface area contributed by atoms with Gasteiger partial charge in [-0.2, -0.15) is 0 Å². The summed E-state index contributed by atoms with van der Waals surface area (Å²) in [5, 5.41) is 16.4. The van der Waals surface area contributed by atoms with Crippen LogP contribution in [0.5, 0.6) is 5.75 Å². The highest BCUT2D eigenvalue weighted by Crippen LogP contribution is 2.21. The SMILES string of the molecule is CCNC(=NCc1ccc(C)cc1OCC)NCC(O)c1ccco1. The Labute approximate surface area is 148 Å². The molecule has 0 fully saturated rings. The second kappa shape index (κ2) is 9.74. The number of nitrogens with one attached hydrogen (secondary N) is 2. The predicted octanol–water partition coefficient (Wildman–Crippen LogP) is 2.78. The average Bonchev–Trinajstić information content (AvgIpc) is 3.13. The standard InChI is InChI=1S/C19H27N3O3/c1-4-20-19(22-13-16(23)17-7-6-10-25-17)21-12-15-9-8-14(3)11-18(15)24-5-2/h6-11,16,23H,4-5,12-13H2,1-3H3,(H2,20,21,22). The summed E-state index contributed by atoms with van der Waals surface area (Å²) in [4.78, 5) is 4.58. The van der Waals surface area contributed by atoms with Gasteiger partial charge in [-0.05, 0) is 44.5 Å². The Hall–Kier alpha value is -2.47. The largest absolute Gasteiger partial charge is 0.494 e. The Morgan fingerprint density at radius 3 is 2.80 bits per heavy atom. The van der Waals surface area contributed by atoms with E-state index < -0.39 is 6.10 Å². The molecular formula is C19H27N3O3. The number of furan rings is 1. The van der Waals surface area contributed by atoms with E-state index in [-0.39, 0.29) is 0 Å². The summed E-state index contributed by atoms with van der Waals surface area (Å²) in [5.74, 6) is 2.02. The molecule has 0 saturated carbocycles. The van der Waals surface area contributed by atoms with Crippen LogP contribution in [-0.4, -0.2) is 30.8 Å². The molecule has 0 spiro atoms. The fourth-order valence-corrected chi connectivity index (χ4v) is 2.36. The van der Waals surface area contributed by atoms with E-state index in [4.69, 9.17) is 9.15 Å². The van der Waals surface area contributed by atoms with Crippen LogP contribution in [-0.2, 0) is 6.54 Å². The van der Waals surface area contributed by atoms with Crippen molar-refractivity contribution >= 4 is 5.96 Å². The van der Waals surface area contributed by atoms with Crippen LogP contribution in [0.2, 0.25) is 0 Å².